The average Bonchev–Trinajstić information content (AvgIpc) is 0.858. The van der Waals surface area contributed by atoms with Gasteiger partial charge in [-0.3, -0.25) is 14.4 Å². The van der Waals surface area contributed by atoms with Crippen molar-refractivity contribution in [3.05, 3.63) is 284 Å². The Hall–Kier alpha value is -7.99. The van der Waals surface area contributed by atoms with Crippen molar-refractivity contribution in [1.29, 1.82) is 0 Å². The predicted octanol–water partition coefficient (Wildman–Crippen LogP) is 24.3. The van der Waals surface area contributed by atoms with Crippen LogP contribution in [0, 0.1) is 31.1 Å². The van der Waals surface area contributed by atoms with Gasteiger partial charge in [0.1, 0.15) is 80.5 Å². The second-order valence-corrected chi connectivity index (χ2v) is 30.9. The number of aryl methyl sites for hydroxylation is 1. The van der Waals surface area contributed by atoms with Crippen LogP contribution in [0.3, 0.4) is 0 Å². The summed E-state index contributed by atoms with van der Waals surface area (Å²) in [5.74, 6) is 7.89. The zero-order valence-corrected chi connectivity index (χ0v) is 67.1. The smallest absolute Gasteiger partial charge is 0.508 e. The number of phenols is 5. The fourth-order valence-corrected chi connectivity index (χ4v) is 8.55. The minimum Gasteiger partial charge on any atom is -0.508 e. The molecule has 13 nitrogen and oxygen atoms in total. The summed E-state index contributed by atoms with van der Waals surface area (Å²) in [5.41, 5.74) is 1.33. The van der Waals surface area contributed by atoms with Crippen LogP contribution < -0.4 is 23.7 Å². The van der Waals surface area contributed by atoms with Crippen molar-refractivity contribution in [2.75, 3.05) is 0 Å². The molecule has 101 heavy (non-hydrogen) atoms. The van der Waals surface area contributed by atoms with E-state index in [1.807, 2.05) is 211 Å². The van der Waals surface area contributed by atoms with Gasteiger partial charge in [-0.05, 0) is 169 Å². The number of ketones is 1. The first kappa shape index (κ1) is 91.0. The largest absolute Gasteiger partial charge is 0.643 e. The van der Waals surface area contributed by atoms with Crippen molar-refractivity contribution in [2.24, 2.45) is 23.7 Å². The molecule has 10 aromatic carbocycles. The summed E-state index contributed by atoms with van der Waals surface area (Å²) < 4.78 is 28.9. The van der Waals surface area contributed by atoms with Gasteiger partial charge < -0.3 is 56.6 Å². The molecule has 0 atom stereocenters. The Morgan fingerprint density at radius 3 is 1.05 bits per heavy atom. The molecule has 0 saturated carbocycles. The van der Waals surface area contributed by atoms with Gasteiger partial charge in [0.25, 0.3) is 0 Å². The molecule has 10 rings (SSSR count). The number of phenolic OH excluding ortho intramolecular Hbond substituents is 5. The monoisotopic (exact) mass is 1580 g/mol. The van der Waals surface area contributed by atoms with E-state index in [2.05, 4.69) is 29.8 Å². The van der Waals surface area contributed by atoms with Crippen LogP contribution in [-0.4, -0.2) is 53.9 Å². The summed E-state index contributed by atoms with van der Waals surface area (Å²) in [7, 11) is 14.8. The van der Waals surface area contributed by atoms with E-state index in [1.165, 1.54) is 24.3 Å². The van der Waals surface area contributed by atoms with Gasteiger partial charge in [-0.25, -0.2) is 30.1 Å². The number of ether oxygens (including phenoxy) is 5. The van der Waals surface area contributed by atoms with E-state index in [4.69, 9.17) is 75.6 Å². The van der Waals surface area contributed by atoms with Crippen molar-refractivity contribution in [3.63, 3.8) is 0 Å². The Morgan fingerprint density at radius 1 is 0.386 bits per heavy atom. The topological polar surface area (TPSA) is 199 Å². The number of hydrogen-bond donors (Lipinski definition) is 5. The van der Waals surface area contributed by atoms with Crippen LogP contribution in [0.25, 0.3) is 0 Å². The molecule has 5 N–H and O–H groups in total. The normalized spacial score (nSPS) is 9.75. The fourth-order valence-electron chi connectivity index (χ4n) is 7.94. The minimum atomic E-state index is -1.72. The molecule has 20 heteroatoms. The molecule has 0 bridgehead atoms. The van der Waals surface area contributed by atoms with Gasteiger partial charge in [-0.15, -0.1) is 0 Å². The standard InChI is InChI=1S/2C17H18O3.C17H20O2.C12H10O2.C6H5Br.C6H6O2.C5H9ClO.CH3.Al.3ClH.Zn/c1-13(2)11-17(18)20-16-10-6-9-15(12-16)19-14-7-4-3-5-8-14;1-12(2)10-16(18)15-9-8-14(11-17(15)19)20-13-6-4-3-5-7-13;1-13(2)8-9-14-10-11-16(12-17(14)18)19-15-6-4-3-5-7-15;13-10-5-4-8-12(9-10)14-11-6-2-1-3-7-11;7-6-4-2-1-3-5-6;7-5-2-1-3-6(8)4-5;1-4(2)3-5(6)7;;;;;;/h3-10,12-13H,11H2,1-2H3;3-9,11-12,19H,10H2,1-2H3;3-7,10-13,18H,8-9H2,1-2H3;1-9,13H;1-5H;1-4,7-8H;4H,3H2,1-2H3;1H3;;3*1H;/q;;;;;;;-1;+3;;;;/p-3. The molecule has 0 saturated heterocycles. The molecule has 0 aliphatic carbocycles. The minimum absolute atomic E-state index is 0. The number of halogens is 5. The first-order valence-corrected chi connectivity index (χ1v) is 38.1. The van der Waals surface area contributed by atoms with Crippen LogP contribution in [0.15, 0.2) is 265 Å². The quantitative estimate of drug-likeness (QED) is 0.0128. The third kappa shape index (κ3) is 44.8. The van der Waals surface area contributed by atoms with Crippen molar-refractivity contribution in [3.8, 4) is 80.5 Å². The van der Waals surface area contributed by atoms with E-state index < -0.39 is 11.4 Å². The molecular formula is C81H89AlBrCl4O13Zn-. The number of carbonyl (C=O) groups excluding carboxylic acids is 3. The van der Waals surface area contributed by atoms with Crippen LogP contribution in [0.2, 0.25) is 0 Å². The molecule has 0 fully saturated rings. The number of hydrogen-bond acceptors (Lipinski definition) is 13. The number of rotatable bonds is 19. The van der Waals surface area contributed by atoms with Gasteiger partial charge in [0.15, 0.2) is 5.78 Å². The zero-order valence-electron chi connectivity index (χ0n) is 58.3. The molecule has 0 aromatic heterocycles. The van der Waals surface area contributed by atoms with Crippen LogP contribution in [0.1, 0.15) is 97.0 Å². The molecule has 532 valence electrons. The molecule has 0 unspecified atom stereocenters. The van der Waals surface area contributed by atoms with Gasteiger partial charge >= 0.3 is 17.4 Å². The van der Waals surface area contributed by atoms with Crippen molar-refractivity contribution in [2.45, 2.75) is 87.5 Å². The number of esters is 1. The third-order valence-electron chi connectivity index (χ3n) is 12.4. The maximum absolute atomic E-state index is 11.9. The molecule has 10 aromatic rings. The van der Waals surface area contributed by atoms with Crippen LogP contribution in [0.4, 0.5) is 0 Å². The first-order valence-electron chi connectivity index (χ1n) is 31.7. The van der Waals surface area contributed by atoms with E-state index in [1.54, 1.807) is 66.7 Å². The summed E-state index contributed by atoms with van der Waals surface area (Å²) in [4.78, 5) is 33.6. The van der Waals surface area contributed by atoms with Crippen LogP contribution in [-0.2, 0) is 35.5 Å². The maximum Gasteiger partial charge on any atom is 0.643 e. The van der Waals surface area contributed by atoms with Gasteiger partial charge in [-0.1, -0.05) is 187 Å². The molecule has 0 amide bonds. The van der Waals surface area contributed by atoms with Crippen LogP contribution in [0.5, 0.6) is 80.5 Å². The number of para-hydroxylation sites is 4. The summed E-state index contributed by atoms with van der Waals surface area (Å²) in [5, 5.41) is 46.2. The molecule has 0 aliphatic rings. The number of carbonyl (C=O) groups is 3. The number of Topliss-reactive ketones (excluding diaryl/α,β-unsaturated/α-hetero) is 1. The summed E-state index contributed by atoms with van der Waals surface area (Å²) in [6, 6.07) is 77.8. The van der Waals surface area contributed by atoms with E-state index in [0.717, 1.165) is 40.1 Å². The third-order valence-corrected chi connectivity index (χ3v) is 13.1. The second kappa shape index (κ2) is 52.9. The Bertz CT molecular complexity index is 3840. The SMILES string of the molecule is Brc1ccccc1.CC(C)CC(=O)Cl.CC(C)CC(=O)Oc1cccc(Oc2ccccc2)c1.CC(C)CC(=O)c1ccc(Oc2ccccc2)cc1O.CC(C)CCc1ccc(Oc2ccccc2)cc1O.Oc1cccc(O)c1.Oc1cccc(Oc2ccccc2)c1.[CH3-].[Cl][Al]([Cl])[Cl].[Zn]. The Labute approximate surface area is 639 Å². The summed E-state index contributed by atoms with van der Waals surface area (Å²) in [6.45, 7) is 16.2. The van der Waals surface area contributed by atoms with Crippen molar-refractivity contribution >= 4 is 86.1 Å². The zero-order chi connectivity index (χ0) is 72.9. The van der Waals surface area contributed by atoms with E-state index in [0.29, 0.717) is 76.9 Å². The Morgan fingerprint density at radius 2 is 0.723 bits per heavy atom. The first-order chi connectivity index (χ1) is 47.2. The average molecular weight is 1580 g/mol. The van der Waals surface area contributed by atoms with Gasteiger partial charge in [0.05, 0.1) is 5.56 Å². The van der Waals surface area contributed by atoms with E-state index >= 15 is 0 Å². The second-order valence-electron chi connectivity index (χ2n) is 23.1. The number of aromatic hydroxyl groups is 5. The Balaban J connectivity index is 0.000000601. The van der Waals surface area contributed by atoms with Gasteiger partial charge in [0, 0.05) is 73.5 Å². The molecule has 0 radical (unpaired) electrons. The van der Waals surface area contributed by atoms with Gasteiger partial charge in [-0.2, -0.15) is 0 Å². The molecule has 0 heterocycles. The Kier molecular flexibility index (Phi) is 47.7. The van der Waals surface area contributed by atoms with Crippen LogP contribution >= 0.6 is 57.7 Å². The van der Waals surface area contributed by atoms with Crippen molar-refractivity contribution < 1.29 is 83.1 Å². The predicted molar refractivity (Wildman–Crippen MR) is 413 cm³/mol. The van der Waals surface area contributed by atoms with E-state index in [9.17, 15) is 29.7 Å². The van der Waals surface area contributed by atoms with Gasteiger partial charge in [0.2, 0.25) is 5.24 Å². The van der Waals surface area contributed by atoms with E-state index in [-0.39, 0.29) is 78.7 Å². The summed E-state index contributed by atoms with van der Waals surface area (Å²) in [6.07, 6.45) is 3.29. The summed E-state index contributed by atoms with van der Waals surface area (Å²) >= 11 is 6.62. The fraction of sp³-hybridized carbons (Fsp3) is 0.210. The molecule has 0 spiro atoms. The molecular weight excluding hydrogens is 1490 g/mol. The van der Waals surface area contributed by atoms with Crippen molar-refractivity contribution in [1.82, 2.24) is 0 Å². The molecule has 0 aliphatic heterocycles. The number of benzene rings is 10. The maximum atomic E-state index is 11.9.